The lowest BCUT2D eigenvalue weighted by molar-refractivity contribution is -0.144. The molecule has 0 spiro atoms. The molecule has 1 aromatic carbocycles. The number of methoxy groups -OCH3 is 1. The van der Waals surface area contributed by atoms with E-state index >= 15 is 0 Å². The number of hydrogen-bond acceptors (Lipinski definition) is 4. The molecule has 1 N–H and O–H groups in total. The molecule has 1 aromatic rings. The fraction of sp³-hybridized carbons (Fsp3) is 0.500. The van der Waals surface area contributed by atoms with Crippen molar-refractivity contribution in [3.8, 4) is 5.75 Å². The molecule has 1 unspecified atom stereocenters. The van der Waals surface area contributed by atoms with Crippen LogP contribution in [0.2, 0.25) is 0 Å². The summed E-state index contributed by atoms with van der Waals surface area (Å²) < 4.78 is 10.4. The van der Waals surface area contributed by atoms with E-state index in [2.05, 4.69) is 5.32 Å². The number of nitrogens with one attached hydrogen (secondary N) is 1. The van der Waals surface area contributed by atoms with E-state index < -0.39 is 0 Å². The Kier molecular flexibility index (Phi) is 4.20. The van der Waals surface area contributed by atoms with Crippen molar-refractivity contribution in [2.24, 2.45) is 0 Å². The monoisotopic (exact) mass is 249 g/mol. The van der Waals surface area contributed by atoms with Gasteiger partial charge in [-0.1, -0.05) is 12.1 Å². The van der Waals surface area contributed by atoms with Gasteiger partial charge in [-0.25, -0.2) is 0 Å². The fourth-order valence-corrected chi connectivity index (χ4v) is 1.75. The Hall–Kier alpha value is -1.55. The first kappa shape index (κ1) is 12.9. The highest BCUT2D eigenvalue weighted by atomic mass is 16.5. The van der Waals surface area contributed by atoms with Gasteiger partial charge in [-0.2, -0.15) is 0 Å². The van der Waals surface area contributed by atoms with Gasteiger partial charge in [-0.3, -0.25) is 10.1 Å². The van der Waals surface area contributed by atoms with Crippen molar-refractivity contribution in [2.45, 2.75) is 31.8 Å². The van der Waals surface area contributed by atoms with Crippen LogP contribution in [0.15, 0.2) is 24.3 Å². The number of rotatable bonds is 6. The maximum absolute atomic E-state index is 11.6. The Bertz CT molecular complexity index is 415. The number of benzene rings is 1. The van der Waals surface area contributed by atoms with Crippen LogP contribution in [0.25, 0.3) is 0 Å². The summed E-state index contributed by atoms with van der Waals surface area (Å²) in [5.41, 5.74) is 1.14. The van der Waals surface area contributed by atoms with Crippen molar-refractivity contribution in [2.75, 3.05) is 13.7 Å². The zero-order valence-corrected chi connectivity index (χ0v) is 10.8. The number of hydrogen-bond donors (Lipinski definition) is 1. The van der Waals surface area contributed by atoms with Gasteiger partial charge in [0.15, 0.2) is 0 Å². The molecule has 1 fully saturated rings. The molecule has 0 aliphatic heterocycles. The van der Waals surface area contributed by atoms with E-state index in [0.717, 1.165) is 24.2 Å². The zero-order valence-electron chi connectivity index (χ0n) is 10.8. The van der Waals surface area contributed by atoms with Gasteiger partial charge in [0, 0.05) is 6.04 Å². The van der Waals surface area contributed by atoms with Gasteiger partial charge in [0.2, 0.25) is 0 Å². The molecule has 4 nitrogen and oxygen atoms in total. The van der Waals surface area contributed by atoms with Crippen LogP contribution in [0, 0.1) is 6.92 Å². The molecule has 18 heavy (non-hydrogen) atoms. The smallest absolute Gasteiger partial charge is 0.326 e. The third-order valence-electron chi connectivity index (χ3n) is 2.91. The molecule has 0 saturated heterocycles. The summed E-state index contributed by atoms with van der Waals surface area (Å²) in [7, 11) is 1.40. The number of carbonyl (C=O) groups excluding carboxylic acids is 1. The standard InChI is InChI=1S/C14H19NO3/c1-10-4-3-5-12(8-10)18-9-13(14(16)17-2)15-11-6-7-11/h3-5,8,11,13,15H,6-7,9H2,1-2H3. The first-order valence-electron chi connectivity index (χ1n) is 6.22. The van der Waals surface area contributed by atoms with E-state index in [9.17, 15) is 4.79 Å². The second-order valence-corrected chi connectivity index (χ2v) is 4.64. The Labute approximate surface area is 107 Å². The van der Waals surface area contributed by atoms with Gasteiger partial charge in [-0.05, 0) is 37.5 Å². The van der Waals surface area contributed by atoms with Crippen molar-refractivity contribution >= 4 is 5.97 Å². The molecule has 4 heteroatoms. The van der Waals surface area contributed by atoms with Gasteiger partial charge in [-0.15, -0.1) is 0 Å². The summed E-state index contributed by atoms with van der Waals surface area (Å²) in [6.45, 7) is 2.31. The van der Waals surface area contributed by atoms with Crippen LogP contribution >= 0.6 is 0 Å². The zero-order chi connectivity index (χ0) is 13.0. The van der Waals surface area contributed by atoms with Crippen molar-refractivity contribution in [1.29, 1.82) is 0 Å². The fourth-order valence-electron chi connectivity index (χ4n) is 1.75. The van der Waals surface area contributed by atoms with Crippen molar-refractivity contribution in [3.63, 3.8) is 0 Å². The third kappa shape index (κ3) is 3.74. The molecule has 1 aliphatic rings. The highest BCUT2D eigenvalue weighted by molar-refractivity contribution is 5.75. The average molecular weight is 249 g/mol. The molecular formula is C14H19NO3. The first-order chi connectivity index (χ1) is 8.69. The topological polar surface area (TPSA) is 47.6 Å². The molecule has 0 heterocycles. The summed E-state index contributed by atoms with van der Waals surface area (Å²) >= 11 is 0. The average Bonchev–Trinajstić information content (AvgIpc) is 3.17. The predicted molar refractivity (Wildman–Crippen MR) is 68.6 cm³/mol. The minimum absolute atomic E-state index is 0.269. The van der Waals surface area contributed by atoms with Gasteiger partial charge >= 0.3 is 5.97 Å². The van der Waals surface area contributed by atoms with Gasteiger partial charge in [0.05, 0.1) is 7.11 Å². The molecule has 1 atom stereocenters. The van der Waals surface area contributed by atoms with Crippen molar-refractivity contribution < 1.29 is 14.3 Å². The molecule has 98 valence electrons. The Morgan fingerprint density at radius 1 is 1.50 bits per heavy atom. The second kappa shape index (κ2) is 5.87. The third-order valence-corrected chi connectivity index (χ3v) is 2.91. The highest BCUT2D eigenvalue weighted by Gasteiger charge is 2.29. The second-order valence-electron chi connectivity index (χ2n) is 4.64. The molecule has 0 aromatic heterocycles. The van der Waals surface area contributed by atoms with Crippen LogP contribution in [-0.4, -0.2) is 31.8 Å². The maximum atomic E-state index is 11.6. The van der Waals surface area contributed by atoms with E-state index in [-0.39, 0.29) is 12.0 Å². The van der Waals surface area contributed by atoms with Crippen LogP contribution in [0.5, 0.6) is 5.75 Å². The van der Waals surface area contributed by atoms with E-state index in [0.29, 0.717) is 12.6 Å². The largest absolute Gasteiger partial charge is 0.491 e. The van der Waals surface area contributed by atoms with E-state index in [1.54, 1.807) is 0 Å². The molecule has 0 radical (unpaired) electrons. The van der Waals surface area contributed by atoms with Crippen LogP contribution in [0.4, 0.5) is 0 Å². The highest BCUT2D eigenvalue weighted by Crippen LogP contribution is 2.20. The SMILES string of the molecule is COC(=O)C(COc1cccc(C)c1)NC1CC1. The molecule has 1 aliphatic carbocycles. The van der Waals surface area contributed by atoms with Crippen molar-refractivity contribution in [1.82, 2.24) is 5.32 Å². The van der Waals surface area contributed by atoms with Gasteiger partial charge in [0.1, 0.15) is 18.4 Å². The van der Waals surface area contributed by atoms with E-state index in [1.807, 2.05) is 31.2 Å². The lowest BCUT2D eigenvalue weighted by Crippen LogP contribution is -2.43. The summed E-state index contributed by atoms with van der Waals surface area (Å²) in [6.07, 6.45) is 2.25. The minimum atomic E-state index is -0.386. The molecule has 2 rings (SSSR count). The van der Waals surface area contributed by atoms with Crippen LogP contribution < -0.4 is 10.1 Å². The quantitative estimate of drug-likeness (QED) is 0.779. The maximum Gasteiger partial charge on any atom is 0.326 e. The number of esters is 1. The van der Waals surface area contributed by atoms with Crippen LogP contribution in [0.1, 0.15) is 18.4 Å². The van der Waals surface area contributed by atoms with E-state index in [4.69, 9.17) is 9.47 Å². The summed E-state index contributed by atoms with van der Waals surface area (Å²) in [6, 6.07) is 7.83. The minimum Gasteiger partial charge on any atom is -0.491 e. The summed E-state index contributed by atoms with van der Waals surface area (Å²) in [5, 5.41) is 3.23. The van der Waals surface area contributed by atoms with Gasteiger partial charge < -0.3 is 9.47 Å². The normalized spacial score (nSPS) is 16.1. The number of aryl methyl sites for hydroxylation is 1. The Morgan fingerprint density at radius 2 is 2.28 bits per heavy atom. The van der Waals surface area contributed by atoms with Crippen LogP contribution in [0.3, 0.4) is 0 Å². The Balaban J connectivity index is 1.89. The van der Waals surface area contributed by atoms with Crippen molar-refractivity contribution in [3.05, 3.63) is 29.8 Å². The molecule has 0 amide bonds. The molecule has 0 bridgehead atoms. The lowest BCUT2D eigenvalue weighted by atomic mass is 10.2. The summed E-state index contributed by atoms with van der Waals surface area (Å²) in [4.78, 5) is 11.6. The van der Waals surface area contributed by atoms with E-state index in [1.165, 1.54) is 7.11 Å². The number of carbonyl (C=O) groups is 1. The molecular weight excluding hydrogens is 230 g/mol. The molecule has 1 saturated carbocycles. The number of ether oxygens (including phenoxy) is 2. The lowest BCUT2D eigenvalue weighted by Gasteiger charge is -2.17. The predicted octanol–water partition coefficient (Wildman–Crippen LogP) is 1.67. The van der Waals surface area contributed by atoms with Gasteiger partial charge in [0.25, 0.3) is 0 Å². The summed E-state index contributed by atoms with van der Waals surface area (Å²) in [5.74, 6) is 0.510. The Morgan fingerprint density at radius 3 is 2.89 bits per heavy atom. The first-order valence-corrected chi connectivity index (χ1v) is 6.22. The van der Waals surface area contributed by atoms with Crippen LogP contribution in [-0.2, 0) is 9.53 Å².